The van der Waals surface area contributed by atoms with Crippen LogP contribution in [0.4, 0.5) is 0 Å². The number of hydrogen-bond donors (Lipinski definition) is 3. The molecule has 0 aliphatic rings. The number of amides is 2. The minimum atomic E-state index is -4.39. The summed E-state index contributed by atoms with van der Waals surface area (Å²) in [6.45, 7) is 5.27. The van der Waals surface area contributed by atoms with Crippen LogP contribution in [0.2, 0.25) is 0 Å². The summed E-state index contributed by atoms with van der Waals surface area (Å²) in [4.78, 5) is 36.2. The van der Waals surface area contributed by atoms with Gasteiger partial charge in [-0.1, -0.05) is 20.8 Å². The lowest BCUT2D eigenvalue weighted by Crippen LogP contribution is -2.46. The van der Waals surface area contributed by atoms with Crippen molar-refractivity contribution in [3.63, 3.8) is 0 Å². The molecule has 252 valence electrons. The van der Waals surface area contributed by atoms with Crippen LogP contribution in [-0.4, -0.2) is 56.7 Å². The number of carbonyl (C=O) groups excluding carboxylic acids is 2. The van der Waals surface area contributed by atoms with E-state index >= 15 is 0 Å². The van der Waals surface area contributed by atoms with E-state index in [1.807, 2.05) is 32.9 Å². The molecule has 2 aromatic carbocycles. The van der Waals surface area contributed by atoms with E-state index in [2.05, 4.69) is 146 Å². The highest BCUT2D eigenvalue weighted by Crippen LogP contribution is 2.44. The maximum atomic E-state index is 13.1. The van der Waals surface area contributed by atoms with Gasteiger partial charge in [0.15, 0.2) is 0 Å². The second kappa shape index (κ2) is 19.8. The van der Waals surface area contributed by atoms with Crippen molar-refractivity contribution in [3.05, 3.63) is 44.7 Å². The number of benzene rings is 2. The minimum absolute atomic E-state index is 0.000458. The number of hydrogen-bond acceptors (Lipinski definition) is 7. The fraction of sp³-hybridized carbons (Fsp3) is 0.500. The highest BCUT2D eigenvalue weighted by Gasteiger charge is 2.27. The molecule has 45 heavy (non-hydrogen) atoms. The van der Waals surface area contributed by atoms with Gasteiger partial charge in [0, 0.05) is 26.5 Å². The lowest BCUT2D eigenvalue weighted by atomic mass is 9.99. The molecule has 0 bridgehead atoms. The number of phosphoric acid groups is 1. The van der Waals surface area contributed by atoms with E-state index in [0.717, 1.165) is 44.0 Å². The van der Waals surface area contributed by atoms with E-state index in [4.69, 9.17) is 18.5 Å². The van der Waals surface area contributed by atoms with Gasteiger partial charge in [0.2, 0.25) is 11.8 Å². The van der Waals surface area contributed by atoms with Gasteiger partial charge in [0.25, 0.3) is 0 Å². The molecule has 0 radical (unpaired) electrons. The molecule has 0 spiro atoms. The third-order valence-corrected chi connectivity index (χ3v) is 12.8. The topological polar surface area (TPSA) is 132 Å². The first-order chi connectivity index (χ1) is 20.9. The number of methoxy groups -OCH3 is 2. The third kappa shape index (κ3) is 14.3. The molecule has 0 aliphatic carbocycles. The van der Waals surface area contributed by atoms with Gasteiger partial charge in [-0.2, -0.15) is 0 Å². The van der Waals surface area contributed by atoms with E-state index in [0.29, 0.717) is 12.8 Å². The molecule has 0 saturated heterocycles. The summed E-state index contributed by atoms with van der Waals surface area (Å²) in [5, 5.41) is 5.70. The van der Waals surface area contributed by atoms with E-state index in [1.54, 1.807) is 14.2 Å². The van der Waals surface area contributed by atoms with E-state index < -0.39 is 13.9 Å². The van der Waals surface area contributed by atoms with Gasteiger partial charge in [0.1, 0.15) is 11.5 Å². The summed E-state index contributed by atoms with van der Waals surface area (Å²) in [5.74, 6) is 1.02. The monoisotopic (exact) mass is 1320 g/mol. The Morgan fingerprint density at radius 3 is 1.73 bits per heavy atom. The van der Waals surface area contributed by atoms with E-state index in [-0.39, 0.29) is 49.8 Å². The van der Waals surface area contributed by atoms with Crippen molar-refractivity contribution in [1.29, 1.82) is 0 Å². The van der Waals surface area contributed by atoms with Crippen molar-refractivity contribution in [2.75, 3.05) is 34.0 Å². The average molecular weight is 1320 g/mol. The van der Waals surface area contributed by atoms with Gasteiger partial charge >= 0.3 is 7.82 Å². The third-order valence-electron chi connectivity index (χ3n) is 6.07. The van der Waals surface area contributed by atoms with Crippen LogP contribution in [-0.2, 0) is 36.0 Å². The molecule has 2 aromatic rings. The first-order valence-corrected chi connectivity index (χ1v) is 21.4. The summed E-state index contributed by atoms with van der Waals surface area (Å²) in [5.41, 5.74) is 1.66. The first-order valence-electron chi connectivity index (χ1n) is 13.5. The van der Waals surface area contributed by atoms with E-state index in [1.165, 1.54) is 0 Å². The Kier molecular flexibility index (Phi) is 18.7. The molecular formula is C28H35I6N2O8P. The Hall–Kier alpha value is 1.47. The number of phosphoric ester groups is 1. The predicted molar refractivity (Wildman–Crippen MR) is 225 cm³/mol. The lowest BCUT2D eigenvalue weighted by Gasteiger charge is -2.23. The van der Waals surface area contributed by atoms with Crippen molar-refractivity contribution < 1.29 is 37.6 Å². The van der Waals surface area contributed by atoms with Crippen LogP contribution < -0.4 is 20.1 Å². The second-order valence-electron chi connectivity index (χ2n) is 11.0. The standard InChI is InChI=1S/C28H35I6N2O8P/c1-28(2,3)14-44-45(39,40)43-13-15(36-23(38)9-7-17-19(30)11-21(32)27(42-5)25(17)34)12-35-22(37)8-6-16-18(29)10-20(31)26(41-4)24(16)33/h10-11,15H,6-9,12-14H2,1-5H3,(H,35,37)(H,36,38)(H,39,40)/t15-/m1/s1. The maximum absolute atomic E-state index is 13.1. The SMILES string of the molecule is COc1c(I)cc(I)c(CCC(=O)NC[C@H](COP(=O)(O)OCC(C)(C)C)NC(=O)CCc2c(I)cc(I)c(OC)c2I)c1I. The summed E-state index contributed by atoms with van der Waals surface area (Å²) < 4.78 is 39.9. The fourth-order valence-electron chi connectivity index (χ4n) is 3.80. The maximum Gasteiger partial charge on any atom is 0.472 e. The lowest BCUT2D eigenvalue weighted by molar-refractivity contribution is -0.123. The van der Waals surface area contributed by atoms with Gasteiger partial charge in [-0.25, -0.2) is 4.57 Å². The molecular weight excluding hydrogens is 1280 g/mol. The Morgan fingerprint density at radius 2 is 1.29 bits per heavy atom. The molecule has 17 heteroatoms. The van der Waals surface area contributed by atoms with Crippen molar-refractivity contribution >= 4 is 155 Å². The van der Waals surface area contributed by atoms with Crippen LogP contribution in [0.15, 0.2) is 12.1 Å². The number of ether oxygens (including phenoxy) is 2. The summed E-state index contributed by atoms with van der Waals surface area (Å²) in [6, 6.07) is 3.25. The molecule has 0 fully saturated rings. The van der Waals surface area contributed by atoms with Crippen LogP contribution in [0.5, 0.6) is 11.5 Å². The smallest absolute Gasteiger partial charge is 0.472 e. The summed E-state index contributed by atoms with van der Waals surface area (Å²) in [7, 11) is -1.15. The Bertz CT molecular complexity index is 1420. The highest BCUT2D eigenvalue weighted by atomic mass is 127. The number of halogens is 6. The molecule has 10 nitrogen and oxygen atoms in total. The van der Waals surface area contributed by atoms with Crippen LogP contribution in [0.1, 0.15) is 44.7 Å². The van der Waals surface area contributed by atoms with Crippen molar-refractivity contribution in [1.82, 2.24) is 10.6 Å². The van der Waals surface area contributed by atoms with Crippen molar-refractivity contribution in [2.45, 2.75) is 52.5 Å². The predicted octanol–water partition coefficient (Wildman–Crippen LogP) is 7.68. The van der Waals surface area contributed by atoms with E-state index in [9.17, 15) is 19.0 Å². The second-order valence-corrected chi connectivity index (χ2v) is 19.3. The number of rotatable bonds is 16. The largest absolute Gasteiger partial charge is 0.495 e. The van der Waals surface area contributed by atoms with Gasteiger partial charge in [-0.15, -0.1) is 0 Å². The zero-order valence-corrected chi connectivity index (χ0v) is 39.0. The normalized spacial score (nSPS) is 13.6. The molecule has 1 unspecified atom stereocenters. The highest BCUT2D eigenvalue weighted by molar-refractivity contribution is 14.1. The van der Waals surface area contributed by atoms with Crippen LogP contribution in [0.3, 0.4) is 0 Å². The molecule has 0 saturated carbocycles. The van der Waals surface area contributed by atoms with Crippen molar-refractivity contribution in [2.24, 2.45) is 5.41 Å². The summed E-state index contributed by atoms with van der Waals surface area (Å²) in [6.07, 6.45) is 1.31. The molecule has 2 rings (SSSR count). The molecule has 2 atom stereocenters. The van der Waals surface area contributed by atoms with Gasteiger partial charge in [-0.05, 0) is 177 Å². The first kappa shape index (κ1) is 42.6. The number of nitrogens with one attached hydrogen (secondary N) is 2. The van der Waals surface area contributed by atoms with Crippen molar-refractivity contribution in [3.8, 4) is 11.5 Å². The Labute approximate surface area is 346 Å². The molecule has 0 heterocycles. The Morgan fingerprint density at radius 1 is 0.822 bits per heavy atom. The average Bonchev–Trinajstić information content (AvgIpc) is 2.93. The fourth-order valence-corrected chi connectivity index (χ4v) is 13.5. The molecule has 2 amide bonds. The zero-order valence-electron chi connectivity index (χ0n) is 25.2. The van der Waals surface area contributed by atoms with Crippen LogP contribution in [0.25, 0.3) is 0 Å². The zero-order chi connectivity index (χ0) is 34.1. The summed E-state index contributed by atoms with van der Waals surface area (Å²) >= 11 is 13.4. The number of carbonyl (C=O) groups is 2. The molecule has 0 aliphatic heterocycles. The minimum Gasteiger partial charge on any atom is -0.495 e. The molecule has 0 aromatic heterocycles. The Balaban J connectivity index is 2.10. The van der Waals surface area contributed by atoms with Crippen LogP contribution in [0, 0.1) is 26.8 Å². The van der Waals surface area contributed by atoms with Gasteiger partial charge in [-0.3, -0.25) is 18.6 Å². The quantitative estimate of drug-likeness (QED) is 0.115. The van der Waals surface area contributed by atoms with Gasteiger partial charge < -0.3 is 25.0 Å². The molecule has 3 N–H and O–H groups in total. The van der Waals surface area contributed by atoms with Crippen LogP contribution >= 0.6 is 143 Å². The van der Waals surface area contributed by atoms with Gasteiger partial charge in [0.05, 0.1) is 47.8 Å².